The Balaban J connectivity index is 1.53. The summed E-state index contributed by atoms with van der Waals surface area (Å²) in [7, 11) is 0. The van der Waals surface area contributed by atoms with Crippen molar-refractivity contribution in [1.29, 1.82) is 0 Å². The molecule has 1 aromatic carbocycles. The van der Waals surface area contributed by atoms with E-state index in [1.165, 1.54) is 6.08 Å². The molecule has 9 heteroatoms. The van der Waals surface area contributed by atoms with E-state index in [9.17, 15) is 9.18 Å². The fourth-order valence-electron chi connectivity index (χ4n) is 3.80. The summed E-state index contributed by atoms with van der Waals surface area (Å²) < 4.78 is 36.0. The van der Waals surface area contributed by atoms with Gasteiger partial charge in [0.25, 0.3) is 0 Å². The Morgan fingerprint density at radius 2 is 2.00 bits per heavy atom. The molecule has 7 nitrogen and oxygen atoms in total. The van der Waals surface area contributed by atoms with Gasteiger partial charge in [-0.15, -0.1) is 0 Å². The van der Waals surface area contributed by atoms with Crippen molar-refractivity contribution >= 4 is 11.3 Å². The number of anilines is 1. The van der Waals surface area contributed by atoms with E-state index in [0.29, 0.717) is 19.5 Å². The van der Waals surface area contributed by atoms with Crippen molar-refractivity contribution in [2.24, 2.45) is 5.73 Å². The van der Waals surface area contributed by atoms with Crippen LogP contribution in [-0.4, -0.2) is 47.2 Å². The average Bonchev–Trinajstić information content (AvgIpc) is 3.19. The molecule has 1 aromatic heterocycles. The average molecular weight is 429 g/mol. The van der Waals surface area contributed by atoms with E-state index >= 15 is 4.39 Å². The predicted octanol–water partition coefficient (Wildman–Crippen LogP) is 2.36. The summed E-state index contributed by atoms with van der Waals surface area (Å²) in [6, 6.07) is 7.95. The van der Waals surface area contributed by atoms with Crippen molar-refractivity contribution < 1.29 is 13.5 Å². The first-order chi connectivity index (χ1) is 15.0. The first kappa shape index (κ1) is 21.2. The minimum atomic E-state index is -2.06. The second kappa shape index (κ2) is 8.99. The summed E-state index contributed by atoms with van der Waals surface area (Å²) in [6.07, 6.45) is 6.25. The van der Waals surface area contributed by atoms with Gasteiger partial charge in [0.15, 0.2) is 0 Å². The third-order valence-electron chi connectivity index (χ3n) is 5.60. The van der Waals surface area contributed by atoms with Crippen molar-refractivity contribution in [3.05, 3.63) is 76.8 Å². The Labute approximate surface area is 178 Å². The molecule has 2 aromatic rings. The molecule has 0 saturated carbocycles. The molecule has 1 aliphatic carbocycles. The zero-order valence-electron chi connectivity index (χ0n) is 17.1. The molecule has 0 amide bonds. The van der Waals surface area contributed by atoms with Gasteiger partial charge in [0.2, 0.25) is 5.79 Å². The molecule has 2 heterocycles. The van der Waals surface area contributed by atoms with Gasteiger partial charge in [0, 0.05) is 31.7 Å². The summed E-state index contributed by atoms with van der Waals surface area (Å²) in [4.78, 5) is 14.9. The Morgan fingerprint density at radius 3 is 2.68 bits per heavy atom. The quantitative estimate of drug-likeness (QED) is 0.763. The zero-order chi connectivity index (χ0) is 21.8. The van der Waals surface area contributed by atoms with Crippen molar-refractivity contribution in [3.63, 3.8) is 0 Å². The van der Waals surface area contributed by atoms with Crippen LogP contribution in [0, 0.1) is 0 Å². The minimum absolute atomic E-state index is 0.0191. The summed E-state index contributed by atoms with van der Waals surface area (Å²) in [5.41, 5.74) is 7.72. The van der Waals surface area contributed by atoms with E-state index < -0.39 is 11.5 Å². The first-order valence-electron chi connectivity index (χ1n) is 10.2. The number of hydrogen-bond acceptors (Lipinski definition) is 5. The molecule has 31 heavy (non-hydrogen) atoms. The molecule has 1 saturated heterocycles. The lowest BCUT2D eigenvalue weighted by molar-refractivity contribution is 0.122. The summed E-state index contributed by atoms with van der Waals surface area (Å²) in [5.74, 6) is -2.06. The molecule has 2 N–H and O–H groups in total. The first-order valence-corrected chi connectivity index (χ1v) is 10.2. The van der Waals surface area contributed by atoms with E-state index in [1.807, 2.05) is 30.3 Å². The van der Waals surface area contributed by atoms with Crippen molar-refractivity contribution in [1.82, 2.24) is 14.3 Å². The number of aromatic nitrogens is 3. The zero-order valence-corrected chi connectivity index (χ0v) is 17.1. The van der Waals surface area contributed by atoms with Gasteiger partial charge >= 0.3 is 5.69 Å². The number of rotatable bonds is 6. The maximum atomic E-state index is 15.8. The number of nitrogens with zero attached hydrogens (tertiary/aromatic N) is 4. The van der Waals surface area contributed by atoms with Crippen LogP contribution in [0.25, 0.3) is 5.57 Å². The van der Waals surface area contributed by atoms with Crippen LogP contribution in [0.2, 0.25) is 0 Å². The fourth-order valence-corrected chi connectivity index (χ4v) is 3.80. The van der Waals surface area contributed by atoms with E-state index in [4.69, 9.17) is 10.5 Å². The Hall–Kier alpha value is -3.04. The number of morpholine rings is 1. The third-order valence-corrected chi connectivity index (χ3v) is 5.60. The molecule has 1 atom stereocenters. The van der Waals surface area contributed by atoms with E-state index in [2.05, 4.69) is 10.00 Å². The van der Waals surface area contributed by atoms with Crippen molar-refractivity contribution in [3.8, 4) is 0 Å². The Kier molecular flexibility index (Phi) is 6.15. The molecule has 1 unspecified atom stereocenters. The molecule has 2 aliphatic rings. The van der Waals surface area contributed by atoms with E-state index in [0.717, 1.165) is 45.5 Å². The number of nitrogens with two attached hydrogens (primary N) is 1. The van der Waals surface area contributed by atoms with E-state index in [1.54, 1.807) is 6.08 Å². The molecule has 0 spiro atoms. The Morgan fingerprint density at radius 1 is 1.26 bits per heavy atom. The highest BCUT2D eigenvalue weighted by Gasteiger charge is 2.34. The number of halogens is 2. The van der Waals surface area contributed by atoms with Gasteiger partial charge in [-0.05, 0) is 34.9 Å². The number of hydrogen-bond donors (Lipinski definition) is 1. The Bertz CT molecular complexity index is 1060. The van der Waals surface area contributed by atoms with Gasteiger partial charge in [-0.25, -0.2) is 22.8 Å². The maximum absolute atomic E-state index is 15.8. The lowest BCUT2D eigenvalue weighted by atomic mass is 9.92. The molecule has 0 bridgehead atoms. The molecule has 0 radical (unpaired) electrons. The van der Waals surface area contributed by atoms with Crippen LogP contribution in [0.4, 0.5) is 14.5 Å². The second-order valence-electron chi connectivity index (χ2n) is 7.61. The van der Waals surface area contributed by atoms with Crippen LogP contribution in [0.1, 0.15) is 12.0 Å². The van der Waals surface area contributed by atoms with Crippen LogP contribution >= 0.6 is 0 Å². The van der Waals surface area contributed by atoms with Gasteiger partial charge in [-0.2, -0.15) is 5.10 Å². The standard InChI is InChI=1S/C22H25F2N5O2/c23-13-17(14-25)15-29-21(30)28(16-26-29)22(24)7-1-2-19(12-22)18-3-5-20(6-4-18)27-8-10-31-11-9-27/h1-7,13,16H,8-12,14-15,25H2/b17-13+. The molecule has 164 valence electrons. The highest BCUT2D eigenvalue weighted by Crippen LogP contribution is 2.36. The number of ether oxygens (including phenoxy) is 1. The van der Waals surface area contributed by atoms with E-state index in [-0.39, 0.29) is 25.1 Å². The lowest BCUT2D eigenvalue weighted by Crippen LogP contribution is -2.38. The predicted molar refractivity (Wildman–Crippen MR) is 115 cm³/mol. The minimum Gasteiger partial charge on any atom is -0.378 e. The smallest absolute Gasteiger partial charge is 0.348 e. The number of allylic oxidation sites excluding steroid dienone is 4. The largest absolute Gasteiger partial charge is 0.378 e. The summed E-state index contributed by atoms with van der Waals surface area (Å²) in [6.45, 7) is 2.93. The molecule has 1 aliphatic heterocycles. The van der Waals surface area contributed by atoms with Crippen LogP contribution in [0.3, 0.4) is 0 Å². The summed E-state index contributed by atoms with van der Waals surface area (Å²) >= 11 is 0. The van der Waals surface area contributed by atoms with Crippen LogP contribution in [0.5, 0.6) is 0 Å². The topological polar surface area (TPSA) is 78.3 Å². The van der Waals surface area contributed by atoms with Crippen molar-refractivity contribution in [2.45, 2.75) is 18.8 Å². The maximum Gasteiger partial charge on any atom is 0.348 e. The highest BCUT2D eigenvalue weighted by atomic mass is 19.1. The fraction of sp³-hybridized carbons (Fsp3) is 0.364. The molecular formula is C22H25F2N5O2. The van der Waals surface area contributed by atoms with Gasteiger partial charge in [-0.1, -0.05) is 24.3 Å². The highest BCUT2D eigenvalue weighted by molar-refractivity contribution is 5.70. The monoisotopic (exact) mass is 429 g/mol. The molecule has 4 rings (SSSR count). The molecule has 1 fully saturated rings. The van der Waals surface area contributed by atoms with Crippen molar-refractivity contribution in [2.75, 3.05) is 37.7 Å². The summed E-state index contributed by atoms with van der Waals surface area (Å²) in [5, 5.41) is 3.93. The lowest BCUT2D eigenvalue weighted by Gasteiger charge is -2.29. The second-order valence-corrected chi connectivity index (χ2v) is 7.61. The number of alkyl halides is 1. The van der Waals surface area contributed by atoms with Gasteiger partial charge in [0.1, 0.15) is 6.33 Å². The van der Waals surface area contributed by atoms with Gasteiger partial charge in [-0.3, -0.25) is 0 Å². The third kappa shape index (κ3) is 4.38. The van der Waals surface area contributed by atoms with Crippen LogP contribution in [0.15, 0.2) is 65.5 Å². The number of benzene rings is 1. The van der Waals surface area contributed by atoms with Gasteiger partial charge in [0.05, 0.1) is 26.1 Å². The van der Waals surface area contributed by atoms with Crippen LogP contribution < -0.4 is 16.3 Å². The van der Waals surface area contributed by atoms with Gasteiger partial charge < -0.3 is 15.4 Å². The SMILES string of the molecule is NC/C(=C\F)Cn1ncn(C2(F)C=CC=C(c3ccc(N4CCOCC4)cc3)C2)c1=O. The van der Waals surface area contributed by atoms with Crippen LogP contribution in [-0.2, 0) is 17.1 Å². The molecular weight excluding hydrogens is 404 g/mol. The normalized spacial score (nSPS) is 22.0.